The Morgan fingerprint density at radius 1 is 1.14 bits per heavy atom. The van der Waals surface area contributed by atoms with Crippen LogP contribution in [0.1, 0.15) is 36.6 Å². The molecule has 0 saturated carbocycles. The van der Waals surface area contributed by atoms with Crippen LogP contribution in [-0.4, -0.2) is 6.61 Å². The Bertz CT molecular complexity index is 580. The summed E-state index contributed by atoms with van der Waals surface area (Å²) >= 11 is 0. The second-order valence-corrected chi connectivity index (χ2v) is 5.18. The molecule has 0 radical (unpaired) electrons. The second kappa shape index (κ2) is 7.23. The van der Waals surface area contributed by atoms with Crippen molar-refractivity contribution < 1.29 is 9.13 Å². The molecule has 0 bridgehead atoms. The Labute approximate surface area is 126 Å². The fraction of sp³-hybridized carbons (Fsp3) is 0.333. The van der Waals surface area contributed by atoms with E-state index in [0.29, 0.717) is 6.61 Å². The summed E-state index contributed by atoms with van der Waals surface area (Å²) in [5, 5.41) is 3.46. The number of halogens is 1. The highest BCUT2D eigenvalue weighted by Crippen LogP contribution is 2.18. The lowest BCUT2D eigenvalue weighted by molar-refractivity contribution is 0.340. The minimum atomic E-state index is -0.184. The van der Waals surface area contributed by atoms with Gasteiger partial charge in [0.15, 0.2) is 0 Å². The van der Waals surface area contributed by atoms with Crippen molar-refractivity contribution in [1.29, 1.82) is 0 Å². The van der Waals surface area contributed by atoms with Crippen LogP contribution in [0.2, 0.25) is 0 Å². The molecule has 2 aromatic rings. The molecule has 0 fully saturated rings. The van der Waals surface area contributed by atoms with E-state index in [1.54, 1.807) is 6.07 Å². The van der Waals surface area contributed by atoms with E-state index in [-0.39, 0.29) is 11.9 Å². The molecule has 1 atom stereocenters. The van der Waals surface area contributed by atoms with Crippen molar-refractivity contribution in [2.45, 2.75) is 33.4 Å². The average Bonchev–Trinajstić information content (AvgIpc) is 2.47. The number of hydrogen-bond acceptors (Lipinski definition) is 2. The summed E-state index contributed by atoms with van der Waals surface area (Å²) < 4.78 is 18.5. The van der Waals surface area contributed by atoms with Gasteiger partial charge in [0.2, 0.25) is 0 Å². The van der Waals surface area contributed by atoms with Gasteiger partial charge in [0.25, 0.3) is 0 Å². The summed E-state index contributed by atoms with van der Waals surface area (Å²) in [5.74, 6) is 0.707. The molecule has 2 aromatic carbocycles. The lowest BCUT2D eigenvalue weighted by Crippen LogP contribution is -2.18. The molecule has 0 aromatic heterocycles. The maximum Gasteiger partial charge on any atom is 0.123 e. The van der Waals surface area contributed by atoms with E-state index in [2.05, 4.69) is 24.4 Å². The molecule has 21 heavy (non-hydrogen) atoms. The van der Waals surface area contributed by atoms with Gasteiger partial charge >= 0.3 is 0 Å². The standard InChI is InChI=1S/C18H22FNO/c1-4-21-18-9-6-15(7-10-18)14(3)20-12-16-5-8-17(19)11-13(16)2/h5-11,14,20H,4,12H2,1-3H3. The SMILES string of the molecule is CCOc1ccc(C(C)NCc2ccc(F)cc2C)cc1. The highest BCUT2D eigenvalue weighted by Gasteiger charge is 2.06. The van der Waals surface area contributed by atoms with E-state index in [1.165, 1.54) is 11.6 Å². The summed E-state index contributed by atoms with van der Waals surface area (Å²) in [6.45, 7) is 7.43. The van der Waals surface area contributed by atoms with Crippen LogP contribution >= 0.6 is 0 Å². The Hall–Kier alpha value is -1.87. The molecule has 3 heteroatoms. The number of nitrogens with one attached hydrogen (secondary N) is 1. The van der Waals surface area contributed by atoms with Crippen molar-refractivity contribution >= 4 is 0 Å². The van der Waals surface area contributed by atoms with Gasteiger partial charge in [0, 0.05) is 12.6 Å². The van der Waals surface area contributed by atoms with Crippen molar-refractivity contribution in [2.24, 2.45) is 0 Å². The summed E-state index contributed by atoms with van der Waals surface area (Å²) in [5.41, 5.74) is 3.30. The first-order valence-corrected chi connectivity index (χ1v) is 7.31. The van der Waals surface area contributed by atoms with Crippen molar-refractivity contribution in [1.82, 2.24) is 5.32 Å². The number of benzene rings is 2. The van der Waals surface area contributed by atoms with Crippen LogP contribution in [-0.2, 0) is 6.54 Å². The van der Waals surface area contributed by atoms with Crippen LogP contribution in [0.25, 0.3) is 0 Å². The largest absolute Gasteiger partial charge is 0.494 e. The van der Waals surface area contributed by atoms with E-state index in [4.69, 9.17) is 4.74 Å². The fourth-order valence-corrected chi connectivity index (χ4v) is 2.26. The summed E-state index contributed by atoms with van der Waals surface area (Å²) in [6, 6.07) is 13.2. The van der Waals surface area contributed by atoms with Gasteiger partial charge in [-0.05, 0) is 61.7 Å². The lowest BCUT2D eigenvalue weighted by Gasteiger charge is -2.16. The zero-order chi connectivity index (χ0) is 15.2. The highest BCUT2D eigenvalue weighted by molar-refractivity contribution is 5.30. The van der Waals surface area contributed by atoms with Gasteiger partial charge in [-0.1, -0.05) is 18.2 Å². The molecule has 2 nitrogen and oxygen atoms in total. The number of hydrogen-bond donors (Lipinski definition) is 1. The van der Waals surface area contributed by atoms with E-state index in [0.717, 1.165) is 23.4 Å². The smallest absolute Gasteiger partial charge is 0.123 e. The van der Waals surface area contributed by atoms with Crippen molar-refractivity contribution in [3.05, 3.63) is 65.0 Å². The molecule has 1 unspecified atom stereocenters. The van der Waals surface area contributed by atoms with Gasteiger partial charge in [-0.3, -0.25) is 0 Å². The first-order chi connectivity index (χ1) is 10.1. The number of rotatable bonds is 6. The van der Waals surface area contributed by atoms with Crippen molar-refractivity contribution in [3.63, 3.8) is 0 Å². The Morgan fingerprint density at radius 2 is 1.86 bits per heavy atom. The molecular weight excluding hydrogens is 265 g/mol. The quantitative estimate of drug-likeness (QED) is 0.851. The summed E-state index contributed by atoms with van der Waals surface area (Å²) in [6.07, 6.45) is 0. The van der Waals surface area contributed by atoms with Gasteiger partial charge in [-0.15, -0.1) is 0 Å². The van der Waals surface area contributed by atoms with Gasteiger partial charge in [-0.2, -0.15) is 0 Å². The van der Waals surface area contributed by atoms with E-state index in [9.17, 15) is 4.39 Å². The van der Waals surface area contributed by atoms with E-state index < -0.39 is 0 Å². The van der Waals surface area contributed by atoms with Crippen LogP contribution in [0.15, 0.2) is 42.5 Å². The Balaban J connectivity index is 1.96. The molecule has 1 N–H and O–H groups in total. The minimum absolute atomic E-state index is 0.184. The Kier molecular flexibility index (Phi) is 5.34. The lowest BCUT2D eigenvalue weighted by atomic mass is 10.1. The summed E-state index contributed by atoms with van der Waals surface area (Å²) in [4.78, 5) is 0. The normalized spacial score (nSPS) is 12.2. The van der Waals surface area contributed by atoms with Crippen molar-refractivity contribution in [2.75, 3.05) is 6.61 Å². The molecule has 0 aliphatic heterocycles. The zero-order valence-corrected chi connectivity index (χ0v) is 12.8. The van der Waals surface area contributed by atoms with Crippen LogP contribution in [0, 0.1) is 12.7 Å². The number of aryl methyl sites for hydroxylation is 1. The maximum absolute atomic E-state index is 13.1. The van der Waals surface area contributed by atoms with Crippen LogP contribution in [0.3, 0.4) is 0 Å². The van der Waals surface area contributed by atoms with Crippen molar-refractivity contribution in [3.8, 4) is 5.75 Å². The molecule has 0 amide bonds. The monoisotopic (exact) mass is 287 g/mol. The average molecular weight is 287 g/mol. The molecule has 0 saturated heterocycles. The van der Waals surface area contributed by atoms with E-state index in [1.807, 2.05) is 32.0 Å². The summed E-state index contributed by atoms with van der Waals surface area (Å²) in [7, 11) is 0. The molecular formula is C18H22FNO. The van der Waals surface area contributed by atoms with Crippen LogP contribution in [0.5, 0.6) is 5.75 Å². The van der Waals surface area contributed by atoms with Crippen LogP contribution in [0.4, 0.5) is 4.39 Å². The predicted molar refractivity (Wildman–Crippen MR) is 84.0 cm³/mol. The zero-order valence-electron chi connectivity index (χ0n) is 12.8. The first kappa shape index (κ1) is 15.5. The van der Waals surface area contributed by atoms with Crippen LogP contribution < -0.4 is 10.1 Å². The third-order valence-electron chi connectivity index (χ3n) is 3.59. The molecule has 2 rings (SSSR count). The molecule has 0 aliphatic rings. The van der Waals surface area contributed by atoms with Gasteiger partial charge in [0.1, 0.15) is 11.6 Å². The third kappa shape index (κ3) is 4.30. The van der Waals surface area contributed by atoms with Gasteiger partial charge < -0.3 is 10.1 Å². The second-order valence-electron chi connectivity index (χ2n) is 5.18. The number of ether oxygens (including phenoxy) is 1. The Morgan fingerprint density at radius 3 is 2.48 bits per heavy atom. The third-order valence-corrected chi connectivity index (χ3v) is 3.59. The molecule has 0 spiro atoms. The topological polar surface area (TPSA) is 21.3 Å². The molecule has 112 valence electrons. The van der Waals surface area contributed by atoms with Gasteiger partial charge in [0.05, 0.1) is 6.61 Å². The van der Waals surface area contributed by atoms with E-state index >= 15 is 0 Å². The van der Waals surface area contributed by atoms with Gasteiger partial charge in [-0.25, -0.2) is 4.39 Å². The first-order valence-electron chi connectivity index (χ1n) is 7.31. The predicted octanol–water partition coefficient (Wildman–Crippen LogP) is 4.38. The minimum Gasteiger partial charge on any atom is -0.494 e. The fourth-order valence-electron chi connectivity index (χ4n) is 2.26. The maximum atomic E-state index is 13.1. The molecule has 0 heterocycles. The molecule has 0 aliphatic carbocycles. The highest BCUT2D eigenvalue weighted by atomic mass is 19.1.